The number of carboxylic acids is 1. The number of carboxylic acid groups (broad SMARTS) is 1. The van der Waals surface area contributed by atoms with E-state index in [9.17, 15) is 19.8 Å². The van der Waals surface area contributed by atoms with Crippen LogP contribution in [0.3, 0.4) is 0 Å². The molecule has 0 radical (unpaired) electrons. The molecule has 0 amide bonds. The molecule has 2 unspecified atom stereocenters. The van der Waals surface area contributed by atoms with Crippen molar-refractivity contribution in [3.05, 3.63) is 23.8 Å². The fraction of sp³-hybridized carbons (Fsp3) is 0.700. The van der Waals surface area contributed by atoms with E-state index in [1.54, 1.807) is 12.2 Å². The van der Waals surface area contributed by atoms with Gasteiger partial charge < -0.3 is 10.2 Å². The zero-order valence-corrected chi connectivity index (χ0v) is 14.4. The van der Waals surface area contributed by atoms with E-state index in [1.165, 1.54) is 0 Å². The molecule has 7 atom stereocenters. The molecule has 4 aliphatic rings. The van der Waals surface area contributed by atoms with Gasteiger partial charge in [0.25, 0.3) is 0 Å². The minimum atomic E-state index is -0.712. The normalized spacial score (nSPS) is 49.9. The monoisotopic (exact) mass is 330 g/mol. The highest BCUT2D eigenvalue weighted by atomic mass is 16.4. The Morgan fingerprint density at radius 1 is 1.25 bits per heavy atom. The lowest BCUT2D eigenvalue weighted by Gasteiger charge is -2.58. The molecule has 0 aliphatic heterocycles. The molecule has 24 heavy (non-hydrogen) atoms. The van der Waals surface area contributed by atoms with Gasteiger partial charge in [0.1, 0.15) is 0 Å². The first-order chi connectivity index (χ1) is 11.3. The summed E-state index contributed by atoms with van der Waals surface area (Å²) in [5.41, 5.74) is 0.573. The second kappa shape index (κ2) is 5.04. The van der Waals surface area contributed by atoms with Crippen LogP contribution < -0.4 is 0 Å². The van der Waals surface area contributed by atoms with Crippen LogP contribution in [0, 0.1) is 34.5 Å². The summed E-state index contributed by atoms with van der Waals surface area (Å²) < 4.78 is 0. The SMILES string of the molecule is C[C@]12C=CC(=O)C=C1CCC1[C@@H]2[C@@H](O)C[C@]2(C)C(C(=O)O)CC[C@@H]12. The Morgan fingerprint density at radius 2 is 2.00 bits per heavy atom. The maximum atomic E-state index is 11.8. The molecule has 0 aromatic rings. The van der Waals surface area contributed by atoms with Gasteiger partial charge in [-0.3, -0.25) is 9.59 Å². The van der Waals surface area contributed by atoms with Crippen LogP contribution in [0.25, 0.3) is 0 Å². The third-order valence-corrected chi connectivity index (χ3v) is 7.79. The number of allylic oxidation sites excluding steroid dienone is 4. The molecule has 0 saturated heterocycles. The van der Waals surface area contributed by atoms with Gasteiger partial charge in [0, 0.05) is 11.3 Å². The van der Waals surface area contributed by atoms with Gasteiger partial charge in [-0.2, -0.15) is 0 Å². The van der Waals surface area contributed by atoms with Gasteiger partial charge in [-0.1, -0.05) is 25.5 Å². The van der Waals surface area contributed by atoms with Crippen molar-refractivity contribution >= 4 is 11.8 Å². The number of fused-ring (bicyclic) bond motifs is 5. The van der Waals surface area contributed by atoms with Gasteiger partial charge in [-0.05, 0) is 61.5 Å². The summed E-state index contributed by atoms with van der Waals surface area (Å²) in [6, 6.07) is 0. The van der Waals surface area contributed by atoms with E-state index >= 15 is 0 Å². The Balaban J connectivity index is 1.74. The molecule has 3 saturated carbocycles. The number of aliphatic hydroxyl groups is 1. The maximum Gasteiger partial charge on any atom is 0.307 e. The van der Waals surface area contributed by atoms with Gasteiger partial charge >= 0.3 is 5.97 Å². The summed E-state index contributed by atoms with van der Waals surface area (Å²) in [4.78, 5) is 23.5. The van der Waals surface area contributed by atoms with E-state index in [2.05, 4.69) is 13.8 Å². The highest BCUT2D eigenvalue weighted by Gasteiger charge is 2.62. The second-order valence-corrected chi connectivity index (χ2v) is 8.77. The van der Waals surface area contributed by atoms with Crippen LogP contribution in [0.1, 0.15) is 46.0 Å². The van der Waals surface area contributed by atoms with Crippen LogP contribution in [0.15, 0.2) is 23.8 Å². The molecular weight excluding hydrogens is 304 g/mol. The Hall–Kier alpha value is -1.42. The van der Waals surface area contributed by atoms with Gasteiger partial charge in [0.05, 0.1) is 12.0 Å². The highest BCUT2D eigenvalue weighted by molar-refractivity contribution is 6.01. The standard InChI is InChI=1S/C20H26O4/c1-19-8-7-12(21)9-11(19)3-4-13-14-5-6-15(18(23)24)20(14,2)10-16(22)17(13)19/h7-9,13-17,22H,3-6,10H2,1-2H3,(H,23,24)/t13?,14-,15?,16-,17+,19-,20-/m0/s1. The molecule has 0 spiro atoms. The number of carbonyl (C=O) groups excluding carboxylic acids is 1. The minimum Gasteiger partial charge on any atom is -0.481 e. The molecule has 4 heteroatoms. The molecule has 0 bridgehead atoms. The summed E-state index contributed by atoms with van der Waals surface area (Å²) in [5, 5.41) is 20.7. The van der Waals surface area contributed by atoms with Gasteiger partial charge in [0.15, 0.2) is 5.78 Å². The van der Waals surface area contributed by atoms with Crippen molar-refractivity contribution in [1.29, 1.82) is 0 Å². The maximum absolute atomic E-state index is 11.8. The summed E-state index contributed by atoms with van der Waals surface area (Å²) in [7, 11) is 0. The van der Waals surface area contributed by atoms with E-state index in [0.29, 0.717) is 18.3 Å². The molecule has 0 heterocycles. The largest absolute Gasteiger partial charge is 0.481 e. The lowest BCUT2D eigenvalue weighted by molar-refractivity contribution is -0.155. The van der Waals surface area contributed by atoms with E-state index in [4.69, 9.17) is 0 Å². The van der Waals surface area contributed by atoms with E-state index in [-0.39, 0.29) is 28.4 Å². The van der Waals surface area contributed by atoms with Crippen LogP contribution in [0.2, 0.25) is 0 Å². The third kappa shape index (κ3) is 1.95. The number of aliphatic carboxylic acids is 1. The summed E-state index contributed by atoms with van der Waals surface area (Å²) in [5.74, 6) is -0.224. The van der Waals surface area contributed by atoms with E-state index in [1.807, 2.05) is 6.08 Å². The number of carbonyl (C=O) groups is 2. The van der Waals surface area contributed by atoms with Crippen LogP contribution in [0.5, 0.6) is 0 Å². The topological polar surface area (TPSA) is 74.6 Å². The summed E-state index contributed by atoms with van der Waals surface area (Å²) in [6.07, 6.45) is 8.94. The summed E-state index contributed by atoms with van der Waals surface area (Å²) in [6.45, 7) is 4.23. The average molecular weight is 330 g/mol. The fourth-order valence-electron chi connectivity index (χ4n) is 6.73. The Bertz CT molecular complexity index is 663. The molecular formula is C20H26O4. The first kappa shape index (κ1) is 16.1. The van der Waals surface area contributed by atoms with Crippen molar-refractivity contribution in [2.75, 3.05) is 0 Å². The fourth-order valence-corrected chi connectivity index (χ4v) is 6.73. The number of hydrogen-bond acceptors (Lipinski definition) is 3. The Morgan fingerprint density at radius 3 is 2.71 bits per heavy atom. The van der Waals surface area contributed by atoms with Crippen molar-refractivity contribution < 1.29 is 19.8 Å². The van der Waals surface area contributed by atoms with Gasteiger partial charge in [0.2, 0.25) is 0 Å². The number of ketones is 1. The number of hydrogen-bond donors (Lipinski definition) is 2. The van der Waals surface area contributed by atoms with Gasteiger partial charge in [-0.25, -0.2) is 0 Å². The third-order valence-electron chi connectivity index (χ3n) is 7.79. The van der Waals surface area contributed by atoms with Crippen molar-refractivity contribution in [3.8, 4) is 0 Å². The Labute approximate surface area is 142 Å². The lowest BCUT2D eigenvalue weighted by Crippen LogP contribution is -2.56. The molecule has 4 nitrogen and oxygen atoms in total. The van der Waals surface area contributed by atoms with E-state index < -0.39 is 12.1 Å². The van der Waals surface area contributed by atoms with Crippen LogP contribution in [0.4, 0.5) is 0 Å². The smallest absolute Gasteiger partial charge is 0.307 e. The first-order valence-corrected chi connectivity index (χ1v) is 9.12. The quantitative estimate of drug-likeness (QED) is 0.775. The lowest BCUT2D eigenvalue weighted by atomic mass is 9.47. The zero-order chi connectivity index (χ0) is 17.3. The molecule has 0 aromatic heterocycles. The number of aliphatic hydroxyl groups excluding tert-OH is 1. The predicted molar refractivity (Wildman–Crippen MR) is 89.1 cm³/mol. The van der Waals surface area contributed by atoms with E-state index in [0.717, 1.165) is 31.3 Å². The average Bonchev–Trinajstić information content (AvgIpc) is 2.84. The van der Waals surface area contributed by atoms with Crippen LogP contribution in [-0.4, -0.2) is 28.1 Å². The summed E-state index contributed by atoms with van der Waals surface area (Å²) >= 11 is 0. The van der Waals surface area contributed by atoms with Crippen LogP contribution >= 0.6 is 0 Å². The number of rotatable bonds is 1. The minimum absolute atomic E-state index is 0.0443. The van der Waals surface area contributed by atoms with Crippen molar-refractivity contribution in [3.63, 3.8) is 0 Å². The highest BCUT2D eigenvalue weighted by Crippen LogP contribution is 2.65. The molecule has 3 fully saturated rings. The molecule has 130 valence electrons. The second-order valence-electron chi connectivity index (χ2n) is 8.77. The van der Waals surface area contributed by atoms with Crippen molar-refractivity contribution in [1.82, 2.24) is 0 Å². The predicted octanol–water partition coefficient (Wildman–Crippen LogP) is 2.97. The molecule has 0 aromatic carbocycles. The Kier molecular flexibility index (Phi) is 3.38. The van der Waals surface area contributed by atoms with Crippen molar-refractivity contribution in [2.45, 2.75) is 52.1 Å². The molecule has 4 rings (SSSR count). The molecule has 4 aliphatic carbocycles. The van der Waals surface area contributed by atoms with Gasteiger partial charge in [-0.15, -0.1) is 0 Å². The van der Waals surface area contributed by atoms with Crippen LogP contribution in [-0.2, 0) is 9.59 Å². The van der Waals surface area contributed by atoms with Crippen molar-refractivity contribution in [2.24, 2.45) is 34.5 Å². The molecule has 2 N–H and O–H groups in total. The first-order valence-electron chi connectivity index (χ1n) is 9.12. The zero-order valence-electron chi connectivity index (χ0n) is 14.4.